The first-order valence-electron chi connectivity index (χ1n) is 6.27. The molecule has 2 unspecified atom stereocenters. The van der Waals surface area contributed by atoms with Crippen LogP contribution in [0, 0.1) is 0 Å². The van der Waals surface area contributed by atoms with Gasteiger partial charge in [0.05, 0.1) is 12.5 Å². The van der Waals surface area contributed by atoms with E-state index in [4.69, 9.17) is 0 Å². The van der Waals surface area contributed by atoms with Gasteiger partial charge in [-0.3, -0.25) is 14.5 Å². The molecule has 0 aliphatic carbocycles. The summed E-state index contributed by atoms with van der Waals surface area (Å²) in [4.78, 5) is 24.8. The lowest BCUT2D eigenvalue weighted by Crippen LogP contribution is -2.43. The lowest BCUT2D eigenvalue weighted by Gasteiger charge is -2.24. The summed E-state index contributed by atoms with van der Waals surface area (Å²) in [7, 11) is 0. The van der Waals surface area contributed by atoms with Crippen molar-refractivity contribution in [3.63, 3.8) is 0 Å². The van der Waals surface area contributed by atoms with Crippen molar-refractivity contribution >= 4 is 23.6 Å². The second kappa shape index (κ2) is 4.98. The number of rotatable bonds is 4. The van der Waals surface area contributed by atoms with Gasteiger partial charge >= 0.3 is 0 Å². The fourth-order valence-corrected chi connectivity index (χ4v) is 3.75. The second-order valence-corrected chi connectivity index (χ2v) is 6.70. The molecule has 2 saturated heterocycles. The van der Waals surface area contributed by atoms with Crippen LogP contribution in [0.1, 0.15) is 33.1 Å². The third-order valence-electron chi connectivity index (χ3n) is 3.58. The number of hydrogen-bond donors (Lipinski definition) is 1. The second-order valence-electron chi connectivity index (χ2n) is 5.02. The topological polar surface area (TPSA) is 49.4 Å². The molecule has 96 valence electrons. The van der Waals surface area contributed by atoms with Gasteiger partial charge in [0.15, 0.2) is 0 Å². The quantitative estimate of drug-likeness (QED) is 0.763. The van der Waals surface area contributed by atoms with E-state index in [9.17, 15) is 9.59 Å². The molecule has 0 radical (unpaired) electrons. The first-order chi connectivity index (χ1) is 8.06. The zero-order valence-corrected chi connectivity index (χ0v) is 11.3. The Morgan fingerprint density at radius 2 is 2.29 bits per heavy atom. The van der Waals surface area contributed by atoms with Crippen molar-refractivity contribution in [2.45, 2.75) is 43.9 Å². The Kier molecular flexibility index (Phi) is 3.78. The van der Waals surface area contributed by atoms with E-state index in [1.165, 1.54) is 23.5 Å². The van der Waals surface area contributed by atoms with E-state index < -0.39 is 0 Å². The third kappa shape index (κ3) is 2.65. The number of hydrogen-bond acceptors (Lipinski definition) is 4. The SMILES string of the molecule is CCN1C(=O)CC(NCC2(C)CCCS2)C1=O. The van der Waals surface area contributed by atoms with Crippen LogP contribution in [0.3, 0.4) is 0 Å². The van der Waals surface area contributed by atoms with Crippen LogP contribution in [0.15, 0.2) is 0 Å². The number of likely N-dealkylation sites (N-methyl/N-ethyl adjacent to an activating group) is 1. The molecule has 17 heavy (non-hydrogen) atoms. The molecular weight excluding hydrogens is 236 g/mol. The van der Waals surface area contributed by atoms with Gasteiger partial charge in [-0.25, -0.2) is 0 Å². The summed E-state index contributed by atoms with van der Waals surface area (Å²) < 4.78 is 0.239. The summed E-state index contributed by atoms with van der Waals surface area (Å²) in [5.41, 5.74) is 0. The number of nitrogens with one attached hydrogen (secondary N) is 1. The van der Waals surface area contributed by atoms with Crippen LogP contribution in [0.25, 0.3) is 0 Å². The summed E-state index contributed by atoms with van der Waals surface area (Å²) in [6.45, 7) is 5.38. The van der Waals surface area contributed by atoms with E-state index in [1.54, 1.807) is 0 Å². The minimum Gasteiger partial charge on any atom is -0.304 e. The Morgan fingerprint density at radius 1 is 1.53 bits per heavy atom. The van der Waals surface area contributed by atoms with Crippen molar-refractivity contribution in [1.82, 2.24) is 10.2 Å². The molecule has 0 aromatic heterocycles. The fraction of sp³-hybridized carbons (Fsp3) is 0.833. The molecule has 2 aliphatic rings. The van der Waals surface area contributed by atoms with Gasteiger partial charge in [0.2, 0.25) is 11.8 Å². The van der Waals surface area contributed by atoms with E-state index in [0.29, 0.717) is 13.0 Å². The van der Waals surface area contributed by atoms with Crippen molar-refractivity contribution < 1.29 is 9.59 Å². The first kappa shape index (κ1) is 12.9. The van der Waals surface area contributed by atoms with E-state index in [1.807, 2.05) is 18.7 Å². The van der Waals surface area contributed by atoms with Gasteiger partial charge in [0.25, 0.3) is 0 Å². The maximum absolute atomic E-state index is 11.9. The van der Waals surface area contributed by atoms with Gasteiger partial charge in [-0.2, -0.15) is 11.8 Å². The molecule has 2 amide bonds. The molecule has 2 heterocycles. The van der Waals surface area contributed by atoms with Gasteiger partial charge in [0, 0.05) is 17.8 Å². The number of carbonyl (C=O) groups is 2. The lowest BCUT2D eigenvalue weighted by molar-refractivity contribution is -0.138. The van der Waals surface area contributed by atoms with Gasteiger partial charge in [-0.1, -0.05) is 0 Å². The highest BCUT2D eigenvalue weighted by Crippen LogP contribution is 2.37. The van der Waals surface area contributed by atoms with Crippen molar-refractivity contribution in [3.8, 4) is 0 Å². The minimum atomic E-state index is -0.291. The first-order valence-corrected chi connectivity index (χ1v) is 7.26. The Hall–Kier alpha value is -0.550. The molecule has 0 spiro atoms. The Bertz CT molecular complexity index is 326. The molecule has 0 aromatic rings. The zero-order chi connectivity index (χ0) is 12.5. The van der Waals surface area contributed by atoms with E-state index in [2.05, 4.69) is 12.2 Å². The molecule has 2 fully saturated rings. The summed E-state index contributed by atoms with van der Waals surface area (Å²) in [5.74, 6) is 1.11. The molecule has 2 aliphatic heterocycles. The summed E-state index contributed by atoms with van der Waals surface area (Å²) >= 11 is 1.96. The number of nitrogens with zero attached hydrogens (tertiary/aromatic N) is 1. The van der Waals surface area contributed by atoms with E-state index in [-0.39, 0.29) is 22.6 Å². The molecule has 4 nitrogen and oxygen atoms in total. The van der Waals surface area contributed by atoms with Crippen LogP contribution in [0.2, 0.25) is 0 Å². The molecule has 1 N–H and O–H groups in total. The summed E-state index contributed by atoms with van der Waals surface area (Å²) in [6.07, 6.45) is 2.77. The molecule has 2 atom stereocenters. The highest BCUT2D eigenvalue weighted by Gasteiger charge is 2.39. The zero-order valence-electron chi connectivity index (χ0n) is 10.5. The number of amides is 2. The Labute approximate surface area is 106 Å². The highest BCUT2D eigenvalue weighted by atomic mass is 32.2. The smallest absolute Gasteiger partial charge is 0.246 e. The van der Waals surface area contributed by atoms with Crippen molar-refractivity contribution in [2.24, 2.45) is 0 Å². The molecule has 2 rings (SSSR count). The van der Waals surface area contributed by atoms with Gasteiger partial charge < -0.3 is 5.32 Å². The van der Waals surface area contributed by atoms with Crippen LogP contribution in [-0.2, 0) is 9.59 Å². The lowest BCUT2D eigenvalue weighted by atomic mass is 10.1. The normalized spacial score (nSPS) is 33.8. The van der Waals surface area contributed by atoms with Crippen LogP contribution >= 0.6 is 11.8 Å². The Balaban J connectivity index is 1.88. The van der Waals surface area contributed by atoms with Crippen LogP contribution in [0.5, 0.6) is 0 Å². The monoisotopic (exact) mass is 256 g/mol. The number of likely N-dealkylation sites (tertiary alicyclic amines) is 1. The number of carbonyl (C=O) groups excluding carboxylic acids is 2. The molecule has 0 aromatic carbocycles. The van der Waals surface area contributed by atoms with Crippen LogP contribution < -0.4 is 5.32 Å². The largest absolute Gasteiger partial charge is 0.304 e. The van der Waals surface area contributed by atoms with Gasteiger partial charge in [-0.05, 0) is 32.4 Å². The highest BCUT2D eigenvalue weighted by molar-refractivity contribution is 8.00. The maximum Gasteiger partial charge on any atom is 0.246 e. The molecule has 5 heteroatoms. The molecule has 0 bridgehead atoms. The third-order valence-corrected chi connectivity index (χ3v) is 5.12. The predicted octanol–water partition coefficient (Wildman–Crippen LogP) is 1.01. The number of thioether (sulfide) groups is 1. The predicted molar refractivity (Wildman–Crippen MR) is 68.9 cm³/mol. The fourth-order valence-electron chi connectivity index (χ4n) is 2.49. The maximum atomic E-state index is 11.9. The van der Waals surface area contributed by atoms with E-state index in [0.717, 1.165) is 6.54 Å². The Morgan fingerprint density at radius 3 is 2.82 bits per heavy atom. The standard InChI is InChI=1S/C12H20N2O2S/c1-3-14-10(15)7-9(11(14)16)13-8-12(2)5-4-6-17-12/h9,13H,3-8H2,1-2H3. The summed E-state index contributed by atoms with van der Waals surface area (Å²) in [6, 6.07) is -0.291. The van der Waals surface area contributed by atoms with Crippen LogP contribution in [-0.4, -0.2) is 46.3 Å². The molecular formula is C12H20N2O2S. The van der Waals surface area contributed by atoms with Crippen LogP contribution in [0.4, 0.5) is 0 Å². The van der Waals surface area contributed by atoms with Gasteiger partial charge in [0.1, 0.15) is 0 Å². The molecule has 0 saturated carbocycles. The number of imide groups is 1. The van der Waals surface area contributed by atoms with Crippen molar-refractivity contribution in [1.29, 1.82) is 0 Å². The van der Waals surface area contributed by atoms with Crippen molar-refractivity contribution in [3.05, 3.63) is 0 Å². The average Bonchev–Trinajstić information content (AvgIpc) is 2.82. The van der Waals surface area contributed by atoms with Gasteiger partial charge in [-0.15, -0.1) is 0 Å². The van der Waals surface area contributed by atoms with E-state index >= 15 is 0 Å². The average molecular weight is 256 g/mol. The summed E-state index contributed by atoms with van der Waals surface area (Å²) in [5, 5.41) is 3.28. The van der Waals surface area contributed by atoms with Crippen molar-refractivity contribution in [2.75, 3.05) is 18.8 Å². The minimum absolute atomic E-state index is 0.0424.